The van der Waals surface area contributed by atoms with Crippen LogP contribution in [-0.2, 0) is 10.0 Å². The predicted molar refractivity (Wildman–Crippen MR) is 93.3 cm³/mol. The molecule has 1 aromatic heterocycles. The number of rotatable bonds is 6. The summed E-state index contributed by atoms with van der Waals surface area (Å²) in [5.41, 5.74) is 1.09. The van der Waals surface area contributed by atoms with E-state index < -0.39 is 15.6 Å². The maximum absolute atomic E-state index is 12.4. The average molecular weight is 370 g/mol. The molecule has 0 radical (unpaired) electrons. The molecule has 1 heterocycles. The number of nitrogens with one attached hydrogen (secondary N) is 1. The summed E-state index contributed by atoms with van der Waals surface area (Å²) in [6.45, 7) is 5.26. The summed E-state index contributed by atoms with van der Waals surface area (Å²) in [5.74, 6) is 0. The molecule has 0 saturated heterocycles. The molecule has 130 valence electrons. The lowest BCUT2D eigenvalue weighted by molar-refractivity contribution is 0.0728. The molecule has 0 amide bonds. The van der Waals surface area contributed by atoms with Gasteiger partial charge in [0.25, 0.3) is 0 Å². The van der Waals surface area contributed by atoms with Crippen molar-refractivity contribution >= 4 is 21.6 Å². The first kappa shape index (κ1) is 18.8. The maximum atomic E-state index is 12.4. The predicted octanol–water partition coefficient (Wildman–Crippen LogP) is 2.54. The van der Waals surface area contributed by atoms with Gasteiger partial charge in [-0.2, -0.15) is 0 Å². The van der Waals surface area contributed by atoms with Crippen LogP contribution >= 0.6 is 11.6 Å². The molecule has 8 heteroatoms. The SMILES string of the molecule is Cc1ccc(S(=O)(=O)NCCC(C)(C)O)cc1-c1cncc(Cl)n1. The zero-order valence-electron chi connectivity index (χ0n) is 13.7. The lowest BCUT2D eigenvalue weighted by Gasteiger charge is -2.17. The van der Waals surface area contributed by atoms with Crippen molar-refractivity contribution in [1.82, 2.24) is 14.7 Å². The van der Waals surface area contributed by atoms with Gasteiger partial charge in [-0.05, 0) is 44.9 Å². The highest BCUT2D eigenvalue weighted by Crippen LogP contribution is 2.25. The molecule has 6 nitrogen and oxygen atoms in total. The number of hydrogen-bond donors (Lipinski definition) is 2. The van der Waals surface area contributed by atoms with Gasteiger partial charge in [0.05, 0.1) is 28.6 Å². The van der Waals surface area contributed by atoms with E-state index in [2.05, 4.69) is 14.7 Å². The van der Waals surface area contributed by atoms with E-state index in [0.717, 1.165) is 5.56 Å². The Morgan fingerprint density at radius 1 is 1.29 bits per heavy atom. The van der Waals surface area contributed by atoms with Gasteiger partial charge >= 0.3 is 0 Å². The number of benzene rings is 1. The van der Waals surface area contributed by atoms with Crippen LogP contribution in [0.2, 0.25) is 5.15 Å². The lowest BCUT2D eigenvalue weighted by atomic mass is 10.1. The minimum Gasteiger partial charge on any atom is -0.390 e. The highest BCUT2D eigenvalue weighted by Gasteiger charge is 2.18. The summed E-state index contributed by atoms with van der Waals surface area (Å²) in [4.78, 5) is 8.28. The monoisotopic (exact) mass is 369 g/mol. The van der Waals surface area contributed by atoms with Gasteiger partial charge in [-0.25, -0.2) is 18.1 Å². The van der Waals surface area contributed by atoms with Crippen molar-refractivity contribution in [2.24, 2.45) is 0 Å². The number of halogens is 1. The van der Waals surface area contributed by atoms with Crippen LogP contribution in [-0.4, -0.2) is 35.6 Å². The highest BCUT2D eigenvalue weighted by molar-refractivity contribution is 7.89. The quantitative estimate of drug-likeness (QED) is 0.816. The van der Waals surface area contributed by atoms with E-state index in [-0.39, 0.29) is 16.6 Å². The second-order valence-corrected chi connectivity index (χ2v) is 8.32. The van der Waals surface area contributed by atoms with Gasteiger partial charge in [-0.3, -0.25) is 4.98 Å². The molecule has 0 spiro atoms. The van der Waals surface area contributed by atoms with Gasteiger partial charge in [0.1, 0.15) is 5.15 Å². The second kappa shape index (κ2) is 7.14. The molecule has 1 aromatic carbocycles. The second-order valence-electron chi connectivity index (χ2n) is 6.16. The lowest BCUT2D eigenvalue weighted by Crippen LogP contribution is -2.30. The Morgan fingerprint density at radius 3 is 2.62 bits per heavy atom. The van der Waals surface area contributed by atoms with Crippen molar-refractivity contribution in [2.45, 2.75) is 37.7 Å². The minimum atomic E-state index is -3.68. The molecule has 0 aliphatic heterocycles. The van der Waals surface area contributed by atoms with Crippen LogP contribution in [0.4, 0.5) is 0 Å². The van der Waals surface area contributed by atoms with Crippen LogP contribution in [0.15, 0.2) is 35.5 Å². The minimum absolute atomic E-state index is 0.126. The Morgan fingerprint density at radius 2 is 2.00 bits per heavy atom. The number of hydrogen-bond acceptors (Lipinski definition) is 5. The summed E-state index contributed by atoms with van der Waals surface area (Å²) in [5, 5.41) is 9.92. The zero-order chi connectivity index (χ0) is 18.0. The molecule has 0 fully saturated rings. The van der Waals surface area contributed by atoms with Crippen molar-refractivity contribution in [3.05, 3.63) is 41.3 Å². The molecule has 0 aliphatic rings. The molecule has 0 aliphatic carbocycles. The summed E-state index contributed by atoms with van der Waals surface area (Å²) < 4.78 is 27.3. The molecule has 2 N–H and O–H groups in total. The van der Waals surface area contributed by atoms with E-state index in [1.54, 1.807) is 26.0 Å². The summed E-state index contributed by atoms with van der Waals surface area (Å²) >= 11 is 5.86. The van der Waals surface area contributed by atoms with Crippen LogP contribution in [0.25, 0.3) is 11.3 Å². The summed E-state index contributed by atoms with van der Waals surface area (Å²) in [7, 11) is -3.68. The van der Waals surface area contributed by atoms with E-state index in [0.29, 0.717) is 17.7 Å². The molecular weight excluding hydrogens is 350 g/mol. The Balaban J connectivity index is 2.30. The van der Waals surface area contributed by atoms with Gasteiger partial charge in [0, 0.05) is 12.1 Å². The van der Waals surface area contributed by atoms with Crippen molar-refractivity contribution in [3.8, 4) is 11.3 Å². The molecule has 0 atom stereocenters. The first-order chi connectivity index (χ1) is 11.1. The normalized spacial score (nSPS) is 12.4. The molecule has 0 saturated carbocycles. The number of aryl methyl sites for hydroxylation is 1. The van der Waals surface area contributed by atoms with Crippen molar-refractivity contribution in [1.29, 1.82) is 0 Å². The molecule has 2 rings (SSSR count). The number of aliphatic hydroxyl groups is 1. The van der Waals surface area contributed by atoms with E-state index >= 15 is 0 Å². The third-order valence-electron chi connectivity index (χ3n) is 3.43. The fourth-order valence-corrected chi connectivity index (χ4v) is 3.30. The Hall–Kier alpha value is -1.54. The largest absolute Gasteiger partial charge is 0.390 e. The van der Waals surface area contributed by atoms with E-state index in [1.165, 1.54) is 18.5 Å². The third-order valence-corrected chi connectivity index (χ3v) is 5.07. The number of nitrogens with zero attached hydrogens (tertiary/aromatic N) is 2. The third kappa shape index (κ3) is 4.98. The van der Waals surface area contributed by atoms with Crippen LogP contribution in [0.1, 0.15) is 25.8 Å². The van der Waals surface area contributed by atoms with Gasteiger partial charge in [-0.1, -0.05) is 17.7 Å². The van der Waals surface area contributed by atoms with Gasteiger partial charge in [0.15, 0.2) is 0 Å². The van der Waals surface area contributed by atoms with Gasteiger partial charge in [-0.15, -0.1) is 0 Å². The zero-order valence-corrected chi connectivity index (χ0v) is 15.3. The number of aromatic nitrogens is 2. The van der Waals surface area contributed by atoms with E-state index in [1.807, 2.05) is 6.92 Å². The Kier molecular flexibility index (Phi) is 5.59. The van der Waals surface area contributed by atoms with E-state index in [9.17, 15) is 13.5 Å². The van der Waals surface area contributed by atoms with Crippen LogP contribution in [0.3, 0.4) is 0 Å². The van der Waals surface area contributed by atoms with Crippen LogP contribution in [0, 0.1) is 6.92 Å². The summed E-state index contributed by atoms with van der Waals surface area (Å²) in [6.07, 6.45) is 3.26. The first-order valence-electron chi connectivity index (χ1n) is 7.39. The average Bonchev–Trinajstić information content (AvgIpc) is 2.45. The molecular formula is C16H20ClN3O3S. The Labute approximate surface area is 147 Å². The molecule has 0 bridgehead atoms. The van der Waals surface area contributed by atoms with Crippen LogP contribution < -0.4 is 4.72 Å². The van der Waals surface area contributed by atoms with Gasteiger partial charge in [0.2, 0.25) is 10.0 Å². The fraction of sp³-hybridized carbons (Fsp3) is 0.375. The number of sulfonamides is 1. The smallest absolute Gasteiger partial charge is 0.240 e. The van der Waals surface area contributed by atoms with Crippen molar-refractivity contribution < 1.29 is 13.5 Å². The van der Waals surface area contributed by atoms with Crippen molar-refractivity contribution in [2.75, 3.05) is 6.54 Å². The van der Waals surface area contributed by atoms with Gasteiger partial charge < -0.3 is 5.11 Å². The maximum Gasteiger partial charge on any atom is 0.240 e. The standard InChI is InChI=1S/C16H20ClN3O3S/c1-11-4-5-12(24(22,23)19-7-6-16(2,3)21)8-13(11)14-9-18-10-15(17)20-14/h4-5,8-10,19,21H,6-7H2,1-3H3. The highest BCUT2D eigenvalue weighted by atomic mass is 35.5. The fourth-order valence-electron chi connectivity index (χ4n) is 2.09. The molecule has 0 unspecified atom stereocenters. The van der Waals surface area contributed by atoms with Crippen LogP contribution in [0.5, 0.6) is 0 Å². The van der Waals surface area contributed by atoms with E-state index in [4.69, 9.17) is 11.6 Å². The summed E-state index contributed by atoms with van der Waals surface area (Å²) in [6, 6.07) is 4.79. The topological polar surface area (TPSA) is 92.2 Å². The van der Waals surface area contributed by atoms with Crippen molar-refractivity contribution in [3.63, 3.8) is 0 Å². The molecule has 24 heavy (non-hydrogen) atoms. The Bertz CT molecular complexity index is 833. The first-order valence-corrected chi connectivity index (χ1v) is 9.25. The molecule has 2 aromatic rings.